The van der Waals surface area contributed by atoms with Crippen molar-refractivity contribution in [1.29, 1.82) is 0 Å². The fourth-order valence-corrected chi connectivity index (χ4v) is 2.23. The maximum absolute atomic E-state index is 10.9. The molecular weight excluding hydrogens is 230 g/mol. The van der Waals surface area contributed by atoms with Crippen LogP contribution in [0.15, 0.2) is 18.2 Å². The van der Waals surface area contributed by atoms with Crippen molar-refractivity contribution in [1.82, 2.24) is 0 Å². The molecule has 1 aromatic carbocycles. The Morgan fingerprint density at radius 3 is 3.11 bits per heavy atom. The summed E-state index contributed by atoms with van der Waals surface area (Å²) >= 11 is 0. The van der Waals surface area contributed by atoms with Gasteiger partial charge in [0.05, 0.1) is 13.7 Å². The normalized spacial score (nSPS) is 17.3. The number of aryl methyl sites for hydroxylation is 1. The summed E-state index contributed by atoms with van der Waals surface area (Å²) in [5, 5.41) is 0. The maximum atomic E-state index is 10.9. The number of carbonyl (C=O) groups is 1. The second-order valence-corrected chi connectivity index (χ2v) is 4.53. The van der Waals surface area contributed by atoms with Crippen molar-refractivity contribution >= 4 is 5.97 Å². The second-order valence-electron chi connectivity index (χ2n) is 4.53. The minimum Gasteiger partial charge on any atom is -0.494 e. The SMILES string of the molecule is COC(=O)CCCOc1ccc2c(c1)CC[C@H]2N. The van der Waals surface area contributed by atoms with Gasteiger partial charge in [0.1, 0.15) is 5.75 Å². The van der Waals surface area contributed by atoms with Crippen molar-refractivity contribution in [3.05, 3.63) is 29.3 Å². The smallest absolute Gasteiger partial charge is 0.305 e. The molecule has 2 N–H and O–H groups in total. The van der Waals surface area contributed by atoms with Gasteiger partial charge in [0.25, 0.3) is 0 Å². The number of rotatable bonds is 5. The van der Waals surface area contributed by atoms with E-state index in [0.29, 0.717) is 19.4 Å². The second kappa shape index (κ2) is 5.87. The summed E-state index contributed by atoms with van der Waals surface area (Å²) in [6.45, 7) is 0.528. The number of hydrogen-bond donors (Lipinski definition) is 1. The minimum atomic E-state index is -0.196. The van der Waals surface area contributed by atoms with E-state index in [1.165, 1.54) is 18.2 Å². The lowest BCUT2D eigenvalue weighted by atomic mass is 10.1. The Hall–Kier alpha value is -1.55. The van der Waals surface area contributed by atoms with Crippen LogP contribution >= 0.6 is 0 Å². The predicted octanol–water partition coefficient (Wildman–Crippen LogP) is 1.96. The van der Waals surface area contributed by atoms with Gasteiger partial charge in [0.2, 0.25) is 0 Å². The number of carbonyl (C=O) groups excluding carboxylic acids is 1. The zero-order valence-corrected chi connectivity index (χ0v) is 10.6. The highest BCUT2D eigenvalue weighted by atomic mass is 16.5. The van der Waals surface area contributed by atoms with Crippen LogP contribution in [0.4, 0.5) is 0 Å². The third-order valence-electron chi connectivity index (χ3n) is 3.26. The molecule has 1 aliphatic rings. The summed E-state index contributed by atoms with van der Waals surface area (Å²) in [6.07, 6.45) is 3.10. The van der Waals surface area contributed by atoms with Crippen molar-refractivity contribution in [2.45, 2.75) is 31.7 Å². The van der Waals surface area contributed by atoms with Crippen LogP contribution in [0.3, 0.4) is 0 Å². The third kappa shape index (κ3) is 3.01. The summed E-state index contributed by atoms with van der Waals surface area (Å²) < 4.78 is 10.2. The molecule has 0 radical (unpaired) electrons. The van der Waals surface area contributed by atoms with E-state index in [0.717, 1.165) is 18.6 Å². The van der Waals surface area contributed by atoms with Gasteiger partial charge < -0.3 is 15.2 Å². The Labute approximate surface area is 107 Å². The van der Waals surface area contributed by atoms with Crippen LogP contribution in [0.2, 0.25) is 0 Å². The van der Waals surface area contributed by atoms with Gasteiger partial charge in [-0.15, -0.1) is 0 Å². The van der Waals surface area contributed by atoms with Gasteiger partial charge in [-0.25, -0.2) is 0 Å². The number of hydrogen-bond acceptors (Lipinski definition) is 4. The molecule has 1 aromatic rings. The molecule has 98 valence electrons. The molecule has 0 spiro atoms. The van der Waals surface area contributed by atoms with Crippen LogP contribution in [-0.2, 0) is 16.0 Å². The Bertz CT molecular complexity index is 431. The fourth-order valence-electron chi connectivity index (χ4n) is 2.23. The summed E-state index contributed by atoms with van der Waals surface area (Å²) in [5.74, 6) is 0.659. The minimum absolute atomic E-state index is 0.174. The first-order valence-electron chi connectivity index (χ1n) is 6.28. The van der Waals surface area contributed by atoms with Gasteiger partial charge in [-0.2, -0.15) is 0 Å². The maximum Gasteiger partial charge on any atom is 0.305 e. The van der Waals surface area contributed by atoms with E-state index in [9.17, 15) is 4.79 Å². The molecule has 2 rings (SSSR count). The van der Waals surface area contributed by atoms with Gasteiger partial charge in [0.15, 0.2) is 0 Å². The van der Waals surface area contributed by atoms with Crippen molar-refractivity contribution < 1.29 is 14.3 Å². The molecule has 0 amide bonds. The van der Waals surface area contributed by atoms with Crippen molar-refractivity contribution in [3.63, 3.8) is 0 Å². The van der Waals surface area contributed by atoms with Crippen LogP contribution in [-0.4, -0.2) is 19.7 Å². The van der Waals surface area contributed by atoms with E-state index in [4.69, 9.17) is 10.5 Å². The number of benzene rings is 1. The highest BCUT2D eigenvalue weighted by Gasteiger charge is 2.18. The summed E-state index contributed by atoms with van der Waals surface area (Å²) in [6, 6.07) is 6.22. The van der Waals surface area contributed by atoms with Crippen molar-refractivity contribution in [2.24, 2.45) is 5.73 Å². The van der Waals surface area contributed by atoms with Crippen LogP contribution in [0.25, 0.3) is 0 Å². The fraction of sp³-hybridized carbons (Fsp3) is 0.500. The Kier molecular flexibility index (Phi) is 4.20. The van der Waals surface area contributed by atoms with E-state index < -0.39 is 0 Å². The van der Waals surface area contributed by atoms with E-state index in [-0.39, 0.29) is 12.0 Å². The molecule has 1 aliphatic carbocycles. The largest absolute Gasteiger partial charge is 0.494 e. The molecular formula is C14H19NO3. The monoisotopic (exact) mass is 249 g/mol. The molecule has 0 aromatic heterocycles. The van der Waals surface area contributed by atoms with E-state index >= 15 is 0 Å². The Balaban J connectivity index is 1.82. The molecule has 0 saturated heterocycles. The van der Waals surface area contributed by atoms with E-state index in [1.54, 1.807) is 0 Å². The lowest BCUT2D eigenvalue weighted by molar-refractivity contribution is -0.140. The highest BCUT2D eigenvalue weighted by molar-refractivity contribution is 5.69. The molecule has 0 aliphatic heterocycles. The molecule has 0 fully saturated rings. The van der Waals surface area contributed by atoms with Gasteiger partial charge in [-0.3, -0.25) is 4.79 Å². The van der Waals surface area contributed by atoms with Gasteiger partial charge in [-0.1, -0.05) is 6.07 Å². The van der Waals surface area contributed by atoms with Gasteiger partial charge >= 0.3 is 5.97 Å². The highest BCUT2D eigenvalue weighted by Crippen LogP contribution is 2.31. The quantitative estimate of drug-likeness (QED) is 0.640. The first kappa shape index (κ1) is 12.9. The Morgan fingerprint density at radius 1 is 1.50 bits per heavy atom. The molecule has 0 saturated carbocycles. The number of fused-ring (bicyclic) bond motifs is 1. The van der Waals surface area contributed by atoms with Crippen LogP contribution in [0, 0.1) is 0 Å². The van der Waals surface area contributed by atoms with Crippen LogP contribution in [0.5, 0.6) is 5.75 Å². The van der Waals surface area contributed by atoms with E-state index in [2.05, 4.69) is 10.8 Å². The first-order valence-corrected chi connectivity index (χ1v) is 6.28. The average molecular weight is 249 g/mol. The van der Waals surface area contributed by atoms with Crippen LogP contribution in [0.1, 0.15) is 36.4 Å². The molecule has 4 nitrogen and oxygen atoms in total. The third-order valence-corrected chi connectivity index (χ3v) is 3.26. The molecule has 0 heterocycles. The molecule has 4 heteroatoms. The summed E-state index contributed by atoms with van der Waals surface area (Å²) in [7, 11) is 1.40. The van der Waals surface area contributed by atoms with E-state index in [1.807, 2.05) is 12.1 Å². The lowest BCUT2D eigenvalue weighted by Crippen LogP contribution is -2.06. The van der Waals surface area contributed by atoms with Gasteiger partial charge in [-0.05, 0) is 42.5 Å². The number of esters is 1. The molecule has 1 atom stereocenters. The zero-order valence-electron chi connectivity index (χ0n) is 10.6. The topological polar surface area (TPSA) is 61.5 Å². The summed E-state index contributed by atoms with van der Waals surface area (Å²) in [4.78, 5) is 10.9. The standard InChI is InChI=1S/C14H19NO3/c1-17-14(16)3-2-8-18-11-5-6-12-10(9-11)4-7-13(12)15/h5-6,9,13H,2-4,7-8,15H2,1H3/t13-/m1/s1. The first-order chi connectivity index (χ1) is 8.70. The molecule has 0 bridgehead atoms. The molecule has 18 heavy (non-hydrogen) atoms. The zero-order chi connectivity index (χ0) is 13.0. The number of methoxy groups -OCH3 is 1. The van der Waals surface area contributed by atoms with Crippen molar-refractivity contribution in [2.75, 3.05) is 13.7 Å². The number of nitrogens with two attached hydrogens (primary N) is 1. The average Bonchev–Trinajstić information content (AvgIpc) is 2.76. The van der Waals surface area contributed by atoms with Gasteiger partial charge in [0, 0.05) is 12.5 Å². The molecule has 0 unspecified atom stereocenters. The lowest BCUT2D eigenvalue weighted by Gasteiger charge is -2.09. The summed E-state index contributed by atoms with van der Waals surface area (Å²) in [5.41, 5.74) is 8.49. The predicted molar refractivity (Wildman–Crippen MR) is 68.4 cm³/mol. The Morgan fingerprint density at radius 2 is 2.33 bits per heavy atom. The van der Waals surface area contributed by atoms with Crippen LogP contribution < -0.4 is 10.5 Å². The van der Waals surface area contributed by atoms with Crippen molar-refractivity contribution in [3.8, 4) is 5.75 Å². The number of ether oxygens (including phenoxy) is 2.